The van der Waals surface area contributed by atoms with Crippen LogP contribution in [0.4, 0.5) is 11.4 Å². The quantitative estimate of drug-likeness (QED) is 0.00882. The van der Waals surface area contributed by atoms with Gasteiger partial charge in [-0.2, -0.15) is 0 Å². The summed E-state index contributed by atoms with van der Waals surface area (Å²) in [5, 5.41) is 8.49. The summed E-state index contributed by atoms with van der Waals surface area (Å²) in [5.74, 6) is -3.29. The molecule has 0 aliphatic carbocycles. The fourth-order valence-electron chi connectivity index (χ4n) is 12.8. The highest BCUT2D eigenvalue weighted by atomic mass is 16.6. The van der Waals surface area contributed by atoms with Crippen LogP contribution in [-0.2, 0) is 28.5 Å². The molecule has 20 heteroatoms. The number of nitrogens with zero attached hydrogens (tertiary/aromatic N) is 2. The molecule has 492 valence electrons. The van der Waals surface area contributed by atoms with Crippen LogP contribution >= 0.6 is 0 Å². The van der Waals surface area contributed by atoms with Gasteiger partial charge in [0, 0.05) is 107 Å². The number of epoxide rings is 2. The highest BCUT2D eigenvalue weighted by Gasteiger charge is 2.47. The Morgan fingerprint density at radius 3 is 0.949 bits per heavy atom. The van der Waals surface area contributed by atoms with Crippen molar-refractivity contribution >= 4 is 90.0 Å². The van der Waals surface area contributed by atoms with Crippen LogP contribution in [0, 0.1) is 0 Å². The first-order valence-corrected chi connectivity index (χ1v) is 32.5. The van der Waals surface area contributed by atoms with Crippen LogP contribution in [0.3, 0.4) is 0 Å². The molecule has 11 aromatic carbocycles. The Kier molecular flexibility index (Phi) is 17.3. The summed E-state index contributed by atoms with van der Waals surface area (Å²) in [6.45, 7) is 6.62. The van der Waals surface area contributed by atoms with E-state index in [-0.39, 0.29) is 151 Å². The average Bonchev–Trinajstić information content (AvgIpc) is 0.817. The fourth-order valence-corrected chi connectivity index (χ4v) is 12.8. The van der Waals surface area contributed by atoms with Gasteiger partial charge in [-0.1, -0.05) is 72.8 Å². The standard InChI is InChI=1S/C78H64N4O16/c1-3-89-35-33-59(77(87)97-51-29-25-45(26-30-51)79-41-53-43-91-53)81-73(83)55-37-61(93-47-17-9-5-10-18-47)67-69-63(95-49-21-13-7-14-22-49)39-57-66-58(76(86)82(75(57)85)60(34-36-90-4-2)78(88)98-52-31-27-46(28-32-52)80-42-54-44-92-54)40-64(96-50-23-15-8-16-24-50)70(72(66)69)68-62(94-48-19-11-6-12-20-48)38-56(74(81)84)65(55)71(67)68/h5-32,37-40,53-54,59-60,79-80H,3-4,33-36,41-44H2,1-2H3. The highest BCUT2D eigenvalue weighted by molar-refractivity contribution is 6.45. The predicted octanol–water partition coefficient (Wildman–Crippen LogP) is 14.5. The molecule has 4 aliphatic heterocycles. The molecule has 11 aromatic rings. The number of amides is 4. The summed E-state index contributed by atoms with van der Waals surface area (Å²) in [6, 6.07) is 52.0. The van der Waals surface area contributed by atoms with E-state index in [2.05, 4.69) is 10.6 Å². The van der Waals surface area contributed by atoms with Crippen molar-refractivity contribution in [3.05, 3.63) is 216 Å². The molecule has 4 unspecified atom stereocenters. The van der Waals surface area contributed by atoms with E-state index < -0.39 is 47.7 Å². The highest BCUT2D eigenvalue weighted by Crippen LogP contribution is 2.58. The largest absolute Gasteiger partial charge is 0.457 e. The first kappa shape index (κ1) is 62.7. The normalized spacial score (nSPS) is 15.9. The van der Waals surface area contributed by atoms with Crippen LogP contribution in [0.15, 0.2) is 194 Å². The van der Waals surface area contributed by atoms with Crippen molar-refractivity contribution < 1.29 is 76.1 Å². The Morgan fingerprint density at radius 1 is 0.398 bits per heavy atom. The number of hydrogen-bond acceptors (Lipinski definition) is 18. The number of carbonyl (C=O) groups is 6. The lowest BCUT2D eigenvalue weighted by atomic mass is 9.80. The molecule has 4 heterocycles. The summed E-state index contributed by atoms with van der Waals surface area (Å²) < 4.78 is 62.8. The van der Waals surface area contributed by atoms with Crippen LogP contribution < -0.4 is 39.1 Å². The van der Waals surface area contributed by atoms with Gasteiger partial charge >= 0.3 is 11.9 Å². The second kappa shape index (κ2) is 27.0. The zero-order valence-corrected chi connectivity index (χ0v) is 53.3. The Balaban J connectivity index is 0.983. The second-order valence-electron chi connectivity index (χ2n) is 23.9. The molecule has 0 spiro atoms. The molecule has 4 atom stereocenters. The van der Waals surface area contributed by atoms with Crippen LogP contribution in [0.25, 0.3) is 43.1 Å². The third kappa shape index (κ3) is 12.4. The van der Waals surface area contributed by atoms with Gasteiger partial charge in [-0.3, -0.25) is 29.0 Å². The van der Waals surface area contributed by atoms with Crippen LogP contribution in [0.2, 0.25) is 0 Å². The Morgan fingerprint density at radius 2 is 0.684 bits per heavy atom. The van der Waals surface area contributed by atoms with Gasteiger partial charge in [-0.25, -0.2) is 9.59 Å². The maximum atomic E-state index is 16.1. The molecule has 20 nitrogen and oxygen atoms in total. The summed E-state index contributed by atoms with van der Waals surface area (Å²) >= 11 is 0. The van der Waals surface area contributed by atoms with E-state index in [1.54, 1.807) is 159 Å². The first-order chi connectivity index (χ1) is 48.0. The number of imide groups is 2. The van der Waals surface area contributed by atoms with E-state index in [1.165, 1.54) is 24.3 Å². The van der Waals surface area contributed by atoms with E-state index in [9.17, 15) is 9.59 Å². The topological polar surface area (TPSA) is 232 Å². The average molecular weight is 1310 g/mol. The van der Waals surface area contributed by atoms with Crippen LogP contribution in [0.5, 0.6) is 57.5 Å². The number of nitrogens with one attached hydrogen (secondary N) is 2. The van der Waals surface area contributed by atoms with Gasteiger partial charge in [-0.05, 0) is 135 Å². The van der Waals surface area contributed by atoms with Crippen molar-refractivity contribution in [2.45, 2.75) is 51.0 Å². The molecule has 2 N–H and O–H groups in total. The van der Waals surface area contributed by atoms with Gasteiger partial charge in [0.1, 0.15) is 69.6 Å². The van der Waals surface area contributed by atoms with Gasteiger partial charge in [0.25, 0.3) is 23.6 Å². The van der Waals surface area contributed by atoms with Gasteiger partial charge in [0.2, 0.25) is 0 Å². The number of ether oxygens (including phenoxy) is 10. The molecule has 0 aromatic heterocycles. The van der Waals surface area contributed by atoms with E-state index in [4.69, 9.17) is 47.4 Å². The zero-order valence-electron chi connectivity index (χ0n) is 53.3. The van der Waals surface area contributed by atoms with Crippen molar-refractivity contribution in [2.75, 3.05) is 63.4 Å². The molecular formula is C78H64N4O16. The van der Waals surface area contributed by atoms with E-state index >= 15 is 19.2 Å². The maximum absolute atomic E-state index is 16.1. The number of esters is 2. The van der Waals surface area contributed by atoms with Crippen molar-refractivity contribution in [1.29, 1.82) is 0 Å². The Labute approximate surface area is 561 Å². The number of para-hydroxylation sites is 4. The SMILES string of the molecule is CCOCCC(C(=O)Oc1ccc(NCC2CO2)cc1)N1C(=O)c2cc(Oc3ccccc3)c3c4c(Oc5ccccc5)cc5c6c(cc(Oc7ccccc7)c(c7c(Oc8ccccc8)cc(c2c37)C1=O)c64)C(=O)N(C(CCOCC)C(=O)Oc1ccc(NCC2CO2)cc1)C5=O. The predicted molar refractivity (Wildman–Crippen MR) is 365 cm³/mol. The Bertz CT molecular complexity index is 4360. The maximum Gasteiger partial charge on any atom is 0.334 e. The van der Waals surface area contributed by atoms with Gasteiger partial charge in [-0.15, -0.1) is 0 Å². The summed E-state index contributed by atoms with van der Waals surface area (Å²) in [7, 11) is 0. The lowest BCUT2D eigenvalue weighted by Gasteiger charge is -2.35. The van der Waals surface area contributed by atoms with Crippen LogP contribution in [0.1, 0.15) is 68.1 Å². The molecule has 2 saturated heterocycles. The summed E-state index contributed by atoms with van der Waals surface area (Å²) in [5.41, 5.74) is 1.40. The number of fused-ring (bicyclic) bond motifs is 2. The van der Waals surface area contributed by atoms with Gasteiger partial charge in [0.15, 0.2) is 0 Å². The minimum atomic E-state index is -1.54. The molecular weight excluding hydrogens is 1250 g/mol. The molecule has 98 heavy (non-hydrogen) atoms. The number of carbonyl (C=O) groups excluding carboxylic acids is 6. The molecule has 0 bridgehead atoms. The molecule has 0 saturated carbocycles. The molecule has 4 amide bonds. The lowest BCUT2D eigenvalue weighted by molar-refractivity contribution is -0.140. The van der Waals surface area contributed by atoms with Crippen molar-refractivity contribution in [3.8, 4) is 57.5 Å². The lowest BCUT2D eigenvalue weighted by Crippen LogP contribution is -2.52. The minimum absolute atomic E-state index is 0.0337. The zero-order chi connectivity index (χ0) is 67.0. The van der Waals surface area contributed by atoms with Gasteiger partial charge in [0.05, 0.1) is 47.7 Å². The van der Waals surface area contributed by atoms with E-state index in [0.29, 0.717) is 49.3 Å². The van der Waals surface area contributed by atoms with Crippen LogP contribution in [-0.4, -0.2) is 122 Å². The Hall–Kier alpha value is -11.4. The second-order valence-corrected chi connectivity index (χ2v) is 23.9. The number of anilines is 2. The van der Waals surface area contributed by atoms with E-state index in [0.717, 1.165) is 21.2 Å². The van der Waals surface area contributed by atoms with Crippen molar-refractivity contribution in [2.24, 2.45) is 0 Å². The van der Waals surface area contributed by atoms with E-state index in [1.807, 2.05) is 24.3 Å². The molecule has 4 aliphatic rings. The summed E-state index contributed by atoms with van der Waals surface area (Å²) in [6.07, 6.45) is -0.0509. The molecule has 0 radical (unpaired) electrons. The van der Waals surface area contributed by atoms with Crippen molar-refractivity contribution in [1.82, 2.24) is 9.80 Å². The molecule has 2 fully saturated rings. The monoisotopic (exact) mass is 1310 g/mol. The third-order valence-electron chi connectivity index (χ3n) is 17.5. The third-order valence-corrected chi connectivity index (χ3v) is 17.5. The minimum Gasteiger partial charge on any atom is -0.457 e. The fraction of sp³-hybridized carbons (Fsp3) is 0.205. The summed E-state index contributed by atoms with van der Waals surface area (Å²) in [4.78, 5) is 96.3. The smallest absolute Gasteiger partial charge is 0.334 e. The number of benzene rings is 11. The molecule has 15 rings (SSSR count). The first-order valence-electron chi connectivity index (χ1n) is 32.5. The number of hydrogen-bond donors (Lipinski definition) is 2. The van der Waals surface area contributed by atoms with Gasteiger partial charge < -0.3 is 58.0 Å². The van der Waals surface area contributed by atoms with Crippen molar-refractivity contribution in [3.63, 3.8) is 0 Å². The number of rotatable bonds is 28.